The summed E-state index contributed by atoms with van der Waals surface area (Å²) in [4.78, 5) is 16.8. The number of carbonyl (C=O) groups is 1. The molecule has 2 bridgehead atoms. The minimum Gasteiger partial charge on any atom is -0.444 e. The molecule has 5 heteroatoms. The van der Waals surface area contributed by atoms with Gasteiger partial charge in [0.25, 0.3) is 0 Å². The number of nitrogens with two attached hydrogens (primary N) is 1. The third-order valence-electron chi connectivity index (χ3n) is 5.08. The third-order valence-corrected chi connectivity index (χ3v) is 5.08. The van der Waals surface area contributed by atoms with Crippen molar-refractivity contribution in [1.82, 2.24) is 9.80 Å². The van der Waals surface area contributed by atoms with E-state index in [-0.39, 0.29) is 6.09 Å². The van der Waals surface area contributed by atoms with Gasteiger partial charge in [0.1, 0.15) is 5.60 Å². The molecule has 1 aliphatic carbocycles. The van der Waals surface area contributed by atoms with Gasteiger partial charge in [-0.3, -0.25) is 9.80 Å². The number of fused-ring (bicyclic) bond motifs is 2. The zero-order valence-corrected chi connectivity index (χ0v) is 13.5. The molecule has 4 fully saturated rings. The van der Waals surface area contributed by atoms with E-state index in [1.54, 1.807) is 0 Å². The van der Waals surface area contributed by atoms with Gasteiger partial charge >= 0.3 is 6.09 Å². The van der Waals surface area contributed by atoms with Gasteiger partial charge in [-0.1, -0.05) is 0 Å². The van der Waals surface area contributed by atoms with Gasteiger partial charge < -0.3 is 10.5 Å². The highest BCUT2D eigenvalue weighted by molar-refractivity contribution is 5.70. The van der Waals surface area contributed by atoms with Crippen LogP contribution in [-0.2, 0) is 4.74 Å². The summed E-state index contributed by atoms with van der Waals surface area (Å²) in [5.74, 6) is 0. The van der Waals surface area contributed by atoms with E-state index in [1.807, 2.05) is 25.7 Å². The molecule has 21 heavy (non-hydrogen) atoms. The Balaban J connectivity index is 1.54. The molecule has 120 valence electrons. The van der Waals surface area contributed by atoms with Crippen LogP contribution in [0.4, 0.5) is 4.79 Å². The molecule has 4 aliphatic rings. The summed E-state index contributed by atoms with van der Waals surface area (Å²) >= 11 is 0. The van der Waals surface area contributed by atoms with Gasteiger partial charge in [0.05, 0.1) is 12.1 Å². The number of rotatable bonds is 1. The molecular formula is C16H29N3O2. The number of amides is 1. The Kier molecular flexibility index (Phi) is 3.91. The molecule has 0 aromatic heterocycles. The lowest BCUT2D eigenvalue weighted by Crippen LogP contribution is -2.71. The number of nitrogens with zero attached hydrogens (tertiary/aromatic N) is 2. The molecule has 2 atom stereocenters. The van der Waals surface area contributed by atoms with Crippen LogP contribution in [-0.4, -0.2) is 58.8 Å². The van der Waals surface area contributed by atoms with Gasteiger partial charge in [0.2, 0.25) is 0 Å². The van der Waals surface area contributed by atoms with Crippen molar-refractivity contribution in [3.8, 4) is 0 Å². The normalized spacial score (nSPS) is 37.0. The smallest absolute Gasteiger partial charge is 0.410 e. The van der Waals surface area contributed by atoms with Gasteiger partial charge in [0, 0.05) is 25.2 Å². The molecule has 4 rings (SSSR count). The summed E-state index contributed by atoms with van der Waals surface area (Å²) in [6, 6.07) is 1.79. The third kappa shape index (κ3) is 3.19. The number of piperidine rings is 1. The van der Waals surface area contributed by atoms with E-state index in [2.05, 4.69) is 4.90 Å². The summed E-state index contributed by atoms with van der Waals surface area (Å²) < 4.78 is 5.52. The first kappa shape index (κ1) is 15.1. The molecule has 2 unspecified atom stereocenters. The van der Waals surface area contributed by atoms with Gasteiger partial charge in [-0.25, -0.2) is 4.79 Å². The van der Waals surface area contributed by atoms with Crippen LogP contribution >= 0.6 is 0 Å². The predicted octanol–water partition coefficient (Wildman–Crippen LogP) is 1.95. The Hall–Kier alpha value is -0.810. The molecule has 0 aromatic carbocycles. The predicted molar refractivity (Wildman–Crippen MR) is 82.1 cm³/mol. The monoisotopic (exact) mass is 295 g/mol. The summed E-state index contributed by atoms with van der Waals surface area (Å²) in [7, 11) is 0. The zero-order chi connectivity index (χ0) is 15.2. The second-order valence-corrected chi connectivity index (χ2v) is 7.95. The van der Waals surface area contributed by atoms with Crippen molar-refractivity contribution in [2.45, 2.75) is 82.6 Å². The Labute approximate surface area is 127 Å². The maximum atomic E-state index is 12.2. The molecule has 3 aliphatic heterocycles. The van der Waals surface area contributed by atoms with Crippen LogP contribution in [0.3, 0.4) is 0 Å². The molecule has 2 N–H and O–H groups in total. The van der Waals surface area contributed by atoms with Crippen molar-refractivity contribution in [2.75, 3.05) is 13.1 Å². The SMILES string of the molecule is CC(C)(C)OC(=O)N1C2CC1CN(C1CCC(N)CC1)C2. The molecule has 3 saturated heterocycles. The van der Waals surface area contributed by atoms with Crippen molar-refractivity contribution in [3.63, 3.8) is 0 Å². The fourth-order valence-corrected chi connectivity index (χ4v) is 4.02. The van der Waals surface area contributed by atoms with E-state index in [0.29, 0.717) is 24.2 Å². The van der Waals surface area contributed by atoms with Crippen LogP contribution in [0.1, 0.15) is 52.9 Å². The fraction of sp³-hybridized carbons (Fsp3) is 0.938. The maximum Gasteiger partial charge on any atom is 0.410 e. The van der Waals surface area contributed by atoms with Crippen LogP contribution in [0, 0.1) is 0 Å². The molecular weight excluding hydrogens is 266 g/mol. The quantitative estimate of drug-likeness (QED) is 0.803. The Morgan fingerprint density at radius 3 is 2.14 bits per heavy atom. The van der Waals surface area contributed by atoms with Crippen molar-refractivity contribution >= 4 is 6.09 Å². The van der Waals surface area contributed by atoms with Crippen LogP contribution in [0.25, 0.3) is 0 Å². The first-order valence-corrected chi connectivity index (χ1v) is 8.34. The van der Waals surface area contributed by atoms with E-state index in [9.17, 15) is 4.79 Å². The highest BCUT2D eigenvalue weighted by atomic mass is 16.6. The summed E-state index contributed by atoms with van der Waals surface area (Å²) in [5, 5.41) is 0. The number of piperazine rings is 1. The molecule has 0 spiro atoms. The first-order chi connectivity index (χ1) is 9.83. The van der Waals surface area contributed by atoms with Gasteiger partial charge in [-0.2, -0.15) is 0 Å². The lowest BCUT2D eigenvalue weighted by molar-refractivity contribution is -0.0888. The highest BCUT2D eigenvalue weighted by Crippen LogP contribution is 2.36. The lowest BCUT2D eigenvalue weighted by atomic mass is 9.84. The van der Waals surface area contributed by atoms with Crippen LogP contribution in [0.5, 0.6) is 0 Å². The second-order valence-electron chi connectivity index (χ2n) is 7.95. The number of ether oxygens (including phenoxy) is 1. The standard InChI is InChI=1S/C16H29N3O2/c1-16(2,3)21-15(20)19-13-8-14(19)10-18(9-13)12-6-4-11(17)5-7-12/h11-14H,4-10,17H2,1-3H3. The van der Waals surface area contributed by atoms with E-state index in [4.69, 9.17) is 10.5 Å². The topological polar surface area (TPSA) is 58.8 Å². The van der Waals surface area contributed by atoms with Gasteiger partial charge in [0.15, 0.2) is 0 Å². The minimum absolute atomic E-state index is 0.130. The average Bonchev–Trinajstić information content (AvgIpc) is 2.37. The number of hydrogen-bond donors (Lipinski definition) is 1. The highest BCUT2D eigenvalue weighted by Gasteiger charge is 2.49. The maximum absolute atomic E-state index is 12.2. The molecule has 3 heterocycles. The molecule has 0 aromatic rings. The Morgan fingerprint density at radius 1 is 1.05 bits per heavy atom. The van der Waals surface area contributed by atoms with E-state index in [0.717, 1.165) is 32.4 Å². The van der Waals surface area contributed by atoms with E-state index < -0.39 is 5.60 Å². The van der Waals surface area contributed by atoms with Crippen molar-refractivity contribution in [3.05, 3.63) is 0 Å². The Morgan fingerprint density at radius 2 is 1.62 bits per heavy atom. The summed E-state index contributed by atoms with van der Waals surface area (Å²) in [5.41, 5.74) is 5.59. The molecule has 1 amide bonds. The van der Waals surface area contributed by atoms with Crippen LogP contribution < -0.4 is 5.73 Å². The van der Waals surface area contributed by atoms with Crippen molar-refractivity contribution < 1.29 is 9.53 Å². The second kappa shape index (κ2) is 5.43. The zero-order valence-electron chi connectivity index (χ0n) is 13.5. The van der Waals surface area contributed by atoms with Crippen molar-refractivity contribution in [1.29, 1.82) is 0 Å². The first-order valence-electron chi connectivity index (χ1n) is 8.34. The summed E-state index contributed by atoms with van der Waals surface area (Å²) in [6.07, 6.45) is 5.73. The van der Waals surface area contributed by atoms with E-state index in [1.165, 1.54) is 12.8 Å². The van der Waals surface area contributed by atoms with Crippen LogP contribution in [0.15, 0.2) is 0 Å². The largest absolute Gasteiger partial charge is 0.444 e. The number of hydrogen-bond acceptors (Lipinski definition) is 4. The average molecular weight is 295 g/mol. The van der Waals surface area contributed by atoms with Gasteiger partial charge in [-0.05, 0) is 52.9 Å². The molecule has 5 nitrogen and oxygen atoms in total. The Bertz CT molecular complexity index is 387. The fourth-order valence-electron chi connectivity index (χ4n) is 4.02. The summed E-state index contributed by atoms with van der Waals surface area (Å²) in [6.45, 7) is 7.80. The van der Waals surface area contributed by atoms with E-state index >= 15 is 0 Å². The molecule has 1 saturated carbocycles. The van der Waals surface area contributed by atoms with Crippen LogP contribution in [0.2, 0.25) is 0 Å². The van der Waals surface area contributed by atoms with Crippen molar-refractivity contribution in [2.24, 2.45) is 5.73 Å². The molecule has 0 radical (unpaired) electrons. The number of carbonyl (C=O) groups excluding carboxylic acids is 1. The minimum atomic E-state index is -0.403. The lowest BCUT2D eigenvalue weighted by Gasteiger charge is -2.57. The van der Waals surface area contributed by atoms with Gasteiger partial charge in [-0.15, -0.1) is 0 Å².